The largest absolute Gasteiger partial charge is 0.417 e. The number of benzene rings is 3. The fraction of sp³-hybridized carbons (Fsp3) is 0.571. The lowest BCUT2D eigenvalue weighted by atomic mass is 9.89. The van der Waals surface area contributed by atoms with Crippen molar-refractivity contribution in [3.8, 4) is 33.8 Å². The van der Waals surface area contributed by atoms with E-state index in [4.69, 9.17) is 15.4 Å². The summed E-state index contributed by atoms with van der Waals surface area (Å²) in [6.07, 6.45) is 2.85. The van der Waals surface area contributed by atoms with Gasteiger partial charge in [-0.3, -0.25) is 0 Å². The third-order valence-corrected chi connectivity index (χ3v) is 27.6. The molecule has 21 nitrogen and oxygen atoms in total. The number of aromatic nitrogens is 3. The second-order valence-electron chi connectivity index (χ2n) is 30.4. The topological polar surface area (TPSA) is 334 Å². The van der Waals surface area contributed by atoms with Gasteiger partial charge in [-0.2, -0.15) is 26.3 Å². The summed E-state index contributed by atoms with van der Waals surface area (Å²) in [7, 11) is -25.5. The summed E-state index contributed by atoms with van der Waals surface area (Å²) in [6.45, 7) is 20.5. The van der Waals surface area contributed by atoms with Gasteiger partial charge in [0.1, 0.15) is 14.7 Å². The van der Waals surface area contributed by atoms with Gasteiger partial charge in [-0.05, 0) is 210 Å². The molecule has 0 aliphatic heterocycles. The summed E-state index contributed by atoms with van der Waals surface area (Å²) in [5, 5.41) is 16.2. The van der Waals surface area contributed by atoms with E-state index in [-0.39, 0.29) is 49.0 Å². The highest BCUT2D eigenvalue weighted by Crippen LogP contribution is 2.43. The second-order valence-corrected chi connectivity index (χ2v) is 40.0. The van der Waals surface area contributed by atoms with Crippen molar-refractivity contribution < 1.29 is 85.6 Å². The molecule has 9 N–H and O–H groups in total. The number of alkyl halides is 8. The van der Waals surface area contributed by atoms with Crippen LogP contribution in [0.4, 0.5) is 35.1 Å². The zero-order valence-corrected chi connectivity index (χ0v) is 66.0. The molecule has 0 atom stereocenters. The van der Waals surface area contributed by atoms with Crippen LogP contribution in [-0.2, 0) is 92.1 Å². The smallest absolute Gasteiger partial charge is 0.343 e. The van der Waals surface area contributed by atoms with E-state index in [0.717, 1.165) is 133 Å². The summed E-state index contributed by atoms with van der Waals surface area (Å²) in [5.41, 5.74) is -3.63. The lowest BCUT2D eigenvalue weighted by Crippen LogP contribution is -2.43. The van der Waals surface area contributed by atoms with E-state index in [1.807, 2.05) is 4.57 Å². The molecule has 9 rings (SSSR count). The summed E-state index contributed by atoms with van der Waals surface area (Å²) in [5.74, 6) is 0.830. The Morgan fingerprint density at radius 3 is 0.924 bits per heavy atom. The molecule has 0 radical (unpaired) electrons. The number of halogens is 8. The van der Waals surface area contributed by atoms with E-state index in [9.17, 15) is 85.6 Å². The number of sulfonamides is 6. The maximum absolute atomic E-state index is 14.1. The second kappa shape index (κ2) is 32.5. The molecule has 3 aliphatic carbocycles. The first-order chi connectivity index (χ1) is 48.0. The lowest BCUT2D eigenvalue weighted by molar-refractivity contribution is -0.140. The van der Waals surface area contributed by atoms with Gasteiger partial charge in [0.2, 0.25) is 60.1 Å². The first kappa shape index (κ1) is 86.6. The Kier molecular flexibility index (Phi) is 26.8. The van der Waals surface area contributed by atoms with Crippen LogP contribution in [0, 0.1) is 38.5 Å². The Balaban J connectivity index is 0.000000220. The molecule has 3 heterocycles. The quantitative estimate of drug-likeness (QED) is 0.0366. The molecule has 0 bridgehead atoms. The highest BCUT2D eigenvalue weighted by atomic mass is 32.2. The minimum Gasteiger partial charge on any atom is -0.343 e. The number of rotatable bonds is 21. The van der Waals surface area contributed by atoms with Crippen LogP contribution in [0.3, 0.4) is 0 Å². The maximum Gasteiger partial charge on any atom is 0.417 e. The van der Waals surface area contributed by atoms with Gasteiger partial charge in [-0.15, -0.1) is 0 Å². The SMILES string of the molecule is CCC(C)(C)NS(=O)(=O)c1ccc(-c2cc(S(N)(=O)=O)c(C)n2CC2CCCCC2)cc1C(F)(F)F.Cc1c(S(N)(=O)=O)cc(-c2ccc(S(=O)(=O)NC(C)(C)C)c(C(F)(F)F)c2)n1CC1CCCCC1.Cc1c(S(N)(=O)=O)cc(-c2ccc(S(=O)(=O)NC(C)(C)C)c(C(F)F)c2)n1CC1CCCCC1. The molecule has 3 aromatic carbocycles. The Morgan fingerprint density at radius 2 is 0.667 bits per heavy atom. The Labute approximate surface area is 613 Å². The van der Waals surface area contributed by atoms with Gasteiger partial charge < -0.3 is 13.7 Å². The van der Waals surface area contributed by atoms with E-state index in [1.54, 1.807) is 71.4 Å². The maximum atomic E-state index is 14.1. The molecule has 0 amide bonds. The van der Waals surface area contributed by atoms with E-state index < -0.39 is 127 Å². The van der Waals surface area contributed by atoms with Gasteiger partial charge in [-0.1, -0.05) is 82.9 Å². The highest BCUT2D eigenvalue weighted by molar-refractivity contribution is 7.90. The molecule has 0 unspecified atom stereocenters. The van der Waals surface area contributed by atoms with Gasteiger partial charge in [-0.25, -0.2) is 88.9 Å². The minimum atomic E-state index is -4.96. The van der Waals surface area contributed by atoms with Gasteiger partial charge >= 0.3 is 12.4 Å². The Hall–Kier alpha value is -5.60. The third kappa shape index (κ3) is 22.3. The van der Waals surface area contributed by atoms with Crippen LogP contribution in [0.1, 0.15) is 205 Å². The number of nitrogens with zero attached hydrogens (tertiary/aromatic N) is 3. The van der Waals surface area contributed by atoms with E-state index in [2.05, 4.69) is 14.2 Å². The monoisotopic (exact) mass is 1600 g/mol. The average molecular weight is 1600 g/mol. The van der Waals surface area contributed by atoms with Crippen molar-refractivity contribution in [3.05, 3.63) is 107 Å². The van der Waals surface area contributed by atoms with Crippen LogP contribution < -0.4 is 29.6 Å². The van der Waals surface area contributed by atoms with Crippen LogP contribution in [-0.4, -0.2) is 80.8 Å². The van der Waals surface area contributed by atoms with E-state index in [0.29, 0.717) is 60.3 Å². The lowest BCUT2D eigenvalue weighted by Gasteiger charge is -2.26. The number of nitrogens with one attached hydrogen (secondary N) is 3. The molecular weight excluding hydrogens is 1500 g/mol. The normalized spacial score (nSPS) is 16.5. The first-order valence-corrected chi connectivity index (χ1v) is 43.7. The summed E-state index contributed by atoms with van der Waals surface area (Å²) >= 11 is 0. The zero-order valence-electron chi connectivity index (χ0n) is 61.1. The third-order valence-electron chi connectivity index (χ3n) is 19.1. The van der Waals surface area contributed by atoms with Crippen molar-refractivity contribution in [2.24, 2.45) is 33.2 Å². The molecule has 0 spiro atoms. The molecule has 35 heteroatoms. The molecule has 6 aromatic rings. The summed E-state index contributed by atoms with van der Waals surface area (Å²) in [6, 6.07) is 13.6. The van der Waals surface area contributed by atoms with Crippen molar-refractivity contribution in [1.29, 1.82) is 0 Å². The Morgan fingerprint density at radius 1 is 0.400 bits per heavy atom. The van der Waals surface area contributed by atoms with Gasteiger partial charge in [0, 0.05) is 76.0 Å². The molecule has 3 saturated carbocycles. The molecule has 0 saturated heterocycles. The highest BCUT2D eigenvalue weighted by Gasteiger charge is 2.42. The predicted octanol–water partition coefficient (Wildman–Crippen LogP) is 14.7. The van der Waals surface area contributed by atoms with Gasteiger partial charge in [0.25, 0.3) is 6.43 Å². The first-order valence-electron chi connectivity index (χ1n) is 34.6. The van der Waals surface area contributed by atoms with Gasteiger partial charge in [0.15, 0.2) is 0 Å². The van der Waals surface area contributed by atoms with Crippen LogP contribution in [0.2, 0.25) is 0 Å². The molecule has 3 aromatic heterocycles. The number of hydrogen-bond donors (Lipinski definition) is 6. The number of hydrogen-bond acceptors (Lipinski definition) is 12. The Bertz CT molecular complexity index is 4850. The van der Waals surface area contributed by atoms with Gasteiger partial charge in [0.05, 0.1) is 25.8 Å². The minimum absolute atomic E-state index is 0.0563. The van der Waals surface area contributed by atoms with Crippen molar-refractivity contribution in [1.82, 2.24) is 27.9 Å². The zero-order chi connectivity index (χ0) is 79.0. The standard InChI is InChI=1S/C24H34F3N3O4S2.C23H32F3N3O4S2.C23H33F2N3O4S2/c1-5-23(3,4)29-36(33,34)21-12-11-18(13-19(21)24(25,26)27)20-14-22(35(28,31)32)16(2)30(20)15-17-9-7-6-8-10-17;1-15-21(34(27,30)31)13-19(29(15)14-16-8-6-5-7-9-16)17-10-11-20(18(12-17)23(24,25)26)35(32,33)28-22(2,3)4;1-15-21(33(26,29)30)13-19(28(15)14-16-8-6-5-7-9-16)17-10-11-20(18(12-17)22(24)25)34(31,32)27-23(2,3)4/h11-14,17,29H,5-10,15H2,1-4H3,(H2,28,31,32);10-13,16,28H,5-9,14H2,1-4H3,(H2,27,30,31);10-13,16,22,27H,5-9,14H2,1-4H3,(H2,26,29,30). The van der Waals surface area contributed by atoms with E-state index >= 15 is 0 Å². The van der Waals surface area contributed by atoms with Crippen molar-refractivity contribution in [3.63, 3.8) is 0 Å². The number of nitrogens with two attached hydrogens (primary N) is 3. The summed E-state index contributed by atoms with van der Waals surface area (Å²) in [4.78, 5) is -2.67. The van der Waals surface area contributed by atoms with E-state index in [1.165, 1.54) is 57.2 Å². The summed E-state index contributed by atoms with van der Waals surface area (Å²) < 4.78 is 275. The number of primary sulfonamides is 3. The molecule has 3 fully saturated rings. The average Bonchev–Trinajstić information content (AvgIpc) is 0.877. The fourth-order valence-corrected chi connectivity index (χ4v) is 21.2. The molecule has 3 aliphatic rings. The fourth-order valence-electron chi connectivity index (χ4n) is 13.9. The van der Waals surface area contributed by atoms with Crippen LogP contribution >= 0.6 is 0 Å². The predicted molar refractivity (Wildman–Crippen MR) is 387 cm³/mol. The van der Waals surface area contributed by atoms with Crippen LogP contribution in [0.25, 0.3) is 33.8 Å². The molecule has 588 valence electrons. The van der Waals surface area contributed by atoms with Crippen LogP contribution in [0.5, 0.6) is 0 Å². The van der Waals surface area contributed by atoms with Crippen LogP contribution in [0.15, 0.2) is 102 Å². The van der Waals surface area contributed by atoms with Crippen molar-refractivity contribution >= 4 is 60.1 Å². The molecular formula is C70H99F8N9O12S6. The van der Waals surface area contributed by atoms with Crippen molar-refractivity contribution in [2.45, 2.75) is 270 Å². The molecule has 105 heavy (non-hydrogen) atoms. The van der Waals surface area contributed by atoms with Crippen molar-refractivity contribution in [2.75, 3.05) is 0 Å².